The molecule has 0 amide bonds. The lowest BCUT2D eigenvalue weighted by Gasteiger charge is -2.22. The van der Waals surface area contributed by atoms with Gasteiger partial charge in [0.1, 0.15) is 0 Å². The minimum Gasteiger partial charge on any atom is -0.306 e. The fraction of sp³-hybridized carbons (Fsp3) is 0.263. The summed E-state index contributed by atoms with van der Waals surface area (Å²) in [6.45, 7) is 7.55. The Kier molecular flexibility index (Phi) is 4.09. The van der Waals surface area contributed by atoms with Gasteiger partial charge in [-0.05, 0) is 59.5 Å². The molecule has 1 unspecified atom stereocenters. The molecular weight excluding hydrogens is 274 g/mol. The van der Waals surface area contributed by atoms with Crippen LogP contribution >= 0.6 is 11.3 Å². The van der Waals surface area contributed by atoms with E-state index in [9.17, 15) is 0 Å². The van der Waals surface area contributed by atoms with Crippen molar-refractivity contribution in [2.75, 3.05) is 6.54 Å². The zero-order valence-electron chi connectivity index (χ0n) is 12.8. The molecule has 0 saturated heterocycles. The van der Waals surface area contributed by atoms with E-state index in [4.69, 9.17) is 0 Å². The fourth-order valence-corrected chi connectivity index (χ4v) is 3.87. The molecule has 3 aromatic rings. The largest absolute Gasteiger partial charge is 0.306 e. The minimum absolute atomic E-state index is 0.261. The van der Waals surface area contributed by atoms with Crippen LogP contribution in [0.25, 0.3) is 10.1 Å². The van der Waals surface area contributed by atoms with Crippen molar-refractivity contribution in [2.24, 2.45) is 0 Å². The third-order valence-corrected chi connectivity index (χ3v) is 5.17. The van der Waals surface area contributed by atoms with Gasteiger partial charge in [-0.15, -0.1) is 11.3 Å². The van der Waals surface area contributed by atoms with Gasteiger partial charge in [-0.2, -0.15) is 0 Å². The highest BCUT2D eigenvalue weighted by Gasteiger charge is 2.18. The first kappa shape index (κ1) is 14.3. The van der Waals surface area contributed by atoms with E-state index >= 15 is 0 Å². The van der Waals surface area contributed by atoms with Gasteiger partial charge >= 0.3 is 0 Å². The second-order valence-corrected chi connectivity index (χ2v) is 6.38. The molecule has 1 nitrogen and oxygen atoms in total. The topological polar surface area (TPSA) is 12.0 Å². The highest BCUT2D eigenvalue weighted by Crippen LogP contribution is 2.34. The van der Waals surface area contributed by atoms with Crippen LogP contribution in [0.1, 0.15) is 35.2 Å². The zero-order valence-corrected chi connectivity index (χ0v) is 13.6. The molecule has 0 bridgehead atoms. The van der Waals surface area contributed by atoms with Crippen LogP contribution in [0, 0.1) is 13.8 Å². The van der Waals surface area contributed by atoms with E-state index < -0.39 is 0 Å². The summed E-state index contributed by atoms with van der Waals surface area (Å²) < 4.78 is 1.39. The fourth-order valence-electron chi connectivity index (χ4n) is 2.92. The number of rotatable bonds is 4. The quantitative estimate of drug-likeness (QED) is 0.696. The Morgan fingerprint density at radius 3 is 2.57 bits per heavy atom. The maximum Gasteiger partial charge on any atom is 0.0593 e. The molecule has 0 aliphatic heterocycles. The smallest absolute Gasteiger partial charge is 0.0593 e. The second kappa shape index (κ2) is 6.00. The molecule has 1 atom stereocenters. The average molecular weight is 295 g/mol. The molecule has 21 heavy (non-hydrogen) atoms. The van der Waals surface area contributed by atoms with Gasteiger partial charge in [-0.1, -0.05) is 43.3 Å². The summed E-state index contributed by atoms with van der Waals surface area (Å²) in [6.07, 6.45) is 0. The van der Waals surface area contributed by atoms with Crippen LogP contribution in [0.2, 0.25) is 0 Å². The first-order valence-electron chi connectivity index (χ1n) is 7.48. The Bertz CT molecular complexity index is 757. The molecule has 0 fully saturated rings. The van der Waals surface area contributed by atoms with E-state index in [1.807, 2.05) is 11.3 Å². The lowest BCUT2D eigenvalue weighted by molar-refractivity contribution is 0.631. The summed E-state index contributed by atoms with van der Waals surface area (Å²) in [5.41, 5.74) is 5.52. The zero-order chi connectivity index (χ0) is 14.8. The van der Waals surface area contributed by atoms with Crippen LogP contribution < -0.4 is 5.32 Å². The van der Waals surface area contributed by atoms with Gasteiger partial charge in [0.15, 0.2) is 0 Å². The summed E-state index contributed by atoms with van der Waals surface area (Å²) >= 11 is 1.83. The normalized spacial score (nSPS) is 12.7. The van der Waals surface area contributed by atoms with Crippen molar-refractivity contribution in [2.45, 2.75) is 26.8 Å². The van der Waals surface area contributed by atoms with E-state index in [1.165, 1.54) is 32.3 Å². The van der Waals surface area contributed by atoms with Gasteiger partial charge in [0, 0.05) is 4.70 Å². The lowest BCUT2D eigenvalue weighted by atomic mass is 9.92. The number of hydrogen-bond acceptors (Lipinski definition) is 2. The van der Waals surface area contributed by atoms with Crippen molar-refractivity contribution in [1.82, 2.24) is 5.32 Å². The Hall–Kier alpha value is -1.64. The summed E-state index contributed by atoms with van der Waals surface area (Å²) in [5, 5.41) is 7.19. The maximum absolute atomic E-state index is 3.67. The van der Waals surface area contributed by atoms with E-state index in [-0.39, 0.29) is 6.04 Å². The molecule has 1 N–H and O–H groups in total. The first-order valence-corrected chi connectivity index (χ1v) is 8.36. The van der Waals surface area contributed by atoms with Crippen LogP contribution in [0.15, 0.2) is 47.8 Å². The highest BCUT2D eigenvalue weighted by atomic mass is 32.1. The average Bonchev–Trinajstić information content (AvgIpc) is 2.97. The SMILES string of the molecule is CCNC(c1cccc(C)c1C)c1cccc2ccsc12. The summed E-state index contributed by atoms with van der Waals surface area (Å²) in [4.78, 5) is 0. The van der Waals surface area contributed by atoms with Gasteiger partial charge in [-0.3, -0.25) is 0 Å². The van der Waals surface area contributed by atoms with Crippen LogP contribution in [0.3, 0.4) is 0 Å². The third-order valence-electron chi connectivity index (χ3n) is 4.19. The molecule has 2 heteroatoms. The molecule has 0 aliphatic rings. The number of hydrogen-bond donors (Lipinski definition) is 1. The highest BCUT2D eigenvalue weighted by molar-refractivity contribution is 7.17. The van der Waals surface area contributed by atoms with E-state index in [0.717, 1.165) is 6.54 Å². The summed E-state index contributed by atoms with van der Waals surface area (Å²) in [6, 6.07) is 15.7. The van der Waals surface area contributed by atoms with E-state index in [2.05, 4.69) is 73.9 Å². The monoisotopic (exact) mass is 295 g/mol. The number of aryl methyl sites for hydroxylation is 1. The predicted octanol–water partition coefficient (Wildman–Crippen LogP) is 5.22. The van der Waals surface area contributed by atoms with E-state index in [0.29, 0.717) is 0 Å². The van der Waals surface area contributed by atoms with Crippen molar-refractivity contribution >= 4 is 21.4 Å². The standard InChI is InChI=1S/C19H21NS/c1-4-20-18(16-9-5-7-13(2)14(16)3)17-10-6-8-15-11-12-21-19(15)17/h5-12,18,20H,4H2,1-3H3. The van der Waals surface area contributed by atoms with Crippen LogP contribution in [-0.4, -0.2) is 6.54 Å². The van der Waals surface area contributed by atoms with Crippen molar-refractivity contribution in [3.8, 4) is 0 Å². The van der Waals surface area contributed by atoms with Crippen LogP contribution in [0.4, 0.5) is 0 Å². The van der Waals surface area contributed by atoms with Crippen LogP contribution in [-0.2, 0) is 0 Å². The number of fused-ring (bicyclic) bond motifs is 1. The van der Waals surface area contributed by atoms with Gasteiger partial charge in [0.2, 0.25) is 0 Å². The van der Waals surface area contributed by atoms with Gasteiger partial charge < -0.3 is 5.32 Å². The molecule has 0 radical (unpaired) electrons. The first-order chi connectivity index (χ1) is 10.2. The Morgan fingerprint density at radius 2 is 1.76 bits per heavy atom. The van der Waals surface area contributed by atoms with Gasteiger partial charge in [-0.25, -0.2) is 0 Å². The molecule has 0 saturated carbocycles. The van der Waals surface area contributed by atoms with Crippen molar-refractivity contribution in [1.29, 1.82) is 0 Å². The Balaban J connectivity index is 2.18. The van der Waals surface area contributed by atoms with E-state index in [1.54, 1.807) is 0 Å². The predicted molar refractivity (Wildman–Crippen MR) is 93.3 cm³/mol. The number of benzene rings is 2. The lowest BCUT2D eigenvalue weighted by Crippen LogP contribution is -2.23. The third kappa shape index (κ3) is 2.61. The van der Waals surface area contributed by atoms with Crippen LogP contribution in [0.5, 0.6) is 0 Å². The number of thiophene rings is 1. The number of nitrogens with one attached hydrogen (secondary N) is 1. The van der Waals surface area contributed by atoms with Gasteiger partial charge in [0.25, 0.3) is 0 Å². The molecule has 0 aliphatic carbocycles. The Labute approximate surface area is 130 Å². The summed E-state index contributed by atoms with van der Waals surface area (Å²) in [7, 11) is 0. The maximum atomic E-state index is 3.67. The summed E-state index contributed by atoms with van der Waals surface area (Å²) in [5.74, 6) is 0. The molecule has 3 rings (SSSR count). The van der Waals surface area contributed by atoms with Crippen molar-refractivity contribution in [3.63, 3.8) is 0 Å². The second-order valence-electron chi connectivity index (χ2n) is 5.47. The molecule has 1 heterocycles. The molecule has 0 spiro atoms. The molecule has 2 aromatic carbocycles. The Morgan fingerprint density at radius 1 is 1.00 bits per heavy atom. The van der Waals surface area contributed by atoms with Crippen molar-refractivity contribution < 1.29 is 0 Å². The van der Waals surface area contributed by atoms with Gasteiger partial charge in [0.05, 0.1) is 6.04 Å². The molecular formula is C19H21NS. The molecule has 108 valence electrons. The molecule has 1 aromatic heterocycles. The minimum atomic E-state index is 0.261. The van der Waals surface area contributed by atoms with Crippen molar-refractivity contribution in [3.05, 3.63) is 70.1 Å².